The van der Waals surface area contributed by atoms with E-state index < -0.39 is 79.8 Å². The van der Waals surface area contributed by atoms with E-state index in [2.05, 4.69) is 25.3 Å². The summed E-state index contributed by atoms with van der Waals surface area (Å²) in [6.45, 7) is 1.34. The fraction of sp³-hybridized carbons (Fsp3) is 0.409. The van der Waals surface area contributed by atoms with Crippen molar-refractivity contribution in [3.63, 3.8) is 0 Å². The molecule has 15 nitrogen and oxygen atoms in total. The lowest BCUT2D eigenvalue weighted by Gasteiger charge is -2.30. The minimum Gasteiger partial charge on any atom is -0.470 e. The lowest BCUT2D eigenvalue weighted by Crippen LogP contribution is -2.58. The van der Waals surface area contributed by atoms with Crippen molar-refractivity contribution in [2.45, 2.75) is 99.4 Å². The summed E-state index contributed by atoms with van der Waals surface area (Å²) >= 11 is 0. The number of nitrogens with zero attached hydrogens (tertiary/aromatic N) is 3. The molecule has 0 unspecified atom stereocenters. The van der Waals surface area contributed by atoms with Crippen LogP contribution in [0.3, 0.4) is 0 Å². The number of ether oxygens (including phenoxy) is 1. The number of carbonyl (C=O) groups excluding carboxylic acids is 4. The Kier molecular flexibility index (Phi) is 10.6. The van der Waals surface area contributed by atoms with Gasteiger partial charge in [-0.1, -0.05) is 49.3 Å². The molecule has 5 aromatic rings. The molecule has 3 N–H and O–H groups in total. The largest absolute Gasteiger partial charge is 0.470 e. The number of carbonyl (C=O) groups is 4. The van der Waals surface area contributed by atoms with E-state index in [1.165, 1.54) is 35.4 Å². The molecule has 3 fully saturated rings. The number of hydrogen-bond acceptors (Lipinski definition) is 11. The Morgan fingerprint density at radius 1 is 1.00 bits per heavy atom. The quantitative estimate of drug-likeness (QED) is 0.150. The Balaban J connectivity index is 1.07. The van der Waals surface area contributed by atoms with Crippen LogP contribution in [0.5, 0.6) is 5.88 Å². The molecule has 5 heterocycles. The van der Waals surface area contributed by atoms with E-state index in [0.29, 0.717) is 48.6 Å². The summed E-state index contributed by atoms with van der Waals surface area (Å²) < 4.78 is 86.0. The summed E-state index contributed by atoms with van der Waals surface area (Å²) in [6.07, 6.45) is 3.03. The third kappa shape index (κ3) is 8.13. The molecule has 2 saturated carbocycles. The van der Waals surface area contributed by atoms with Gasteiger partial charge in [-0.25, -0.2) is 13.4 Å². The average Bonchev–Trinajstić information content (AvgIpc) is 3.88. The minimum atomic E-state index is -4.57. The van der Waals surface area contributed by atoms with Gasteiger partial charge in [0, 0.05) is 23.3 Å². The zero-order valence-electron chi connectivity index (χ0n) is 33.9. The Labute approximate surface area is 358 Å². The summed E-state index contributed by atoms with van der Waals surface area (Å²) in [6, 6.07) is 11.9. The number of halogens is 3. The average molecular weight is 889 g/mol. The highest BCUT2D eigenvalue weighted by molar-refractivity contribution is 7.91. The van der Waals surface area contributed by atoms with Gasteiger partial charge in [0.2, 0.25) is 27.4 Å². The first kappa shape index (κ1) is 42.1. The van der Waals surface area contributed by atoms with Gasteiger partial charge in [0.1, 0.15) is 34.8 Å². The molecule has 1 saturated heterocycles. The second-order valence-corrected chi connectivity index (χ2v) is 19.1. The molecule has 63 heavy (non-hydrogen) atoms. The number of fused-ring (bicyclic) bond motifs is 5. The number of amides is 4. The lowest BCUT2D eigenvalue weighted by atomic mass is 10.0. The van der Waals surface area contributed by atoms with Crippen molar-refractivity contribution in [1.82, 2.24) is 30.2 Å². The molecule has 19 heteroatoms. The number of hydrogen-bond donors (Lipinski definition) is 3. The molecule has 5 atom stereocenters. The Morgan fingerprint density at radius 3 is 2.51 bits per heavy atom. The zero-order valence-corrected chi connectivity index (χ0v) is 34.8. The van der Waals surface area contributed by atoms with Gasteiger partial charge >= 0.3 is 6.18 Å². The van der Waals surface area contributed by atoms with Crippen LogP contribution in [-0.2, 0) is 30.6 Å². The van der Waals surface area contributed by atoms with Crippen LogP contribution in [0.2, 0.25) is 0 Å². The van der Waals surface area contributed by atoms with Crippen molar-refractivity contribution in [3.8, 4) is 17.3 Å². The normalized spacial score (nSPS) is 25.6. The highest BCUT2D eigenvalue weighted by atomic mass is 32.2. The summed E-state index contributed by atoms with van der Waals surface area (Å²) in [5.74, 6) is -3.50. The lowest BCUT2D eigenvalue weighted by molar-refractivity contribution is -0.141. The molecule has 2 aliphatic heterocycles. The maximum Gasteiger partial charge on any atom is 0.416 e. The highest BCUT2D eigenvalue weighted by Gasteiger charge is 2.63. The topological polar surface area (TPSA) is 203 Å². The number of alkyl halides is 3. The van der Waals surface area contributed by atoms with Gasteiger partial charge in [0.25, 0.3) is 17.7 Å². The number of allylic oxidation sites excluding steroid dienone is 1. The number of benzene rings is 2. The van der Waals surface area contributed by atoms with E-state index in [0.717, 1.165) is 18.6 Å². The van der Waals surface area contributed by atoms with E-state index in [4.69, 9.17) is 13.6 Å². The molecule has 2 aromatic carbocycles. The monoisotopic (exact) mass is 888 g/mol. The molecule has 4 aliphatic rings. The third-order valence-electron chi connectivity index (χ3n) is 12.5. The molecule has 0 spiro atoms. The van der Waals surface area contributed by atoms with Crippen LogP contribution in [0.15, 0.2) is 87.9 Å². The summed E-state index contributed by atoms with van der Waals surface area (Å²) in [5, 5.41) is 6.19. The molecule has 330 valence electrons. The number of para-hydroxylation sites is 1. The molecular formula is C44H43F3N6O9S. The van der Waals surface area contributed by atoms with Crippen LogP contribution in [0.1, 0.15) is 80.8 Å². The summed E-state index contributed by atoms with van der Waals surface area (Å²) in [4.78, 5) is 67.2. The van der Waals surface area contributed by atoms with Gasteiger partial charge in [-0.05, 0) is 81.8 Å². The van der Waals surface area contributed by atoms with Crippen molar-refractivity contribution < 1.29 is 54.3 Å². The van der Waals surface area contributed by atoms with Crippen LogP contribution < -0.4 is 20.1 Å². The summed E-state index contributed by atoms with van der Waals surface area (Å²) in [7, 11) is -4.08. The first-order valence-corrected chi connectivity index (χ1v) is 22.3. The first-order valence-electron chi connectivity index (χ1n) is 20.8. The molecular weight excluding hydrogens is 846 g/mol. The fourth-order valence-electron chi connectivity index (χ4n) is 8.32. The predicted molar refractivity (Wildman–Crippen MR) is 220 cm³/mol. The SMILES string of the molecule is CC1(S(=O)(=O)NC(=O)[C@@]23C[C@@H]2/C=C\CCCCC[C@H](NC(=O)c2ccco2)C(=O)N2C[C@H](Oc4nc(-c5ccc(C(F)(F)F)cc5)nc5c4oc4ccccc45)C[C@H]2C(=O)N3)CC1. The molecule has 9 rings (SSSR count). The first-order chi connectivity index (χ1) is 30.0. The minimum absolute atomic E-state index is 0.0223. The van der Waals surface area contributed by atoms with Gasteiger partial charge in [0.15, 0.2) is 11.6 Å². The van der Waals surface area contributed by atoms with Crippen LogP contribution >= 0.6 is 0 Å². The number of nitrogens with one attached hydrogen (secondary N) is 3. The second kappa shape index (κ2) is 15.8. The van der Waals surface area contributed by atoms with E-state index in [-0.39, 0.29) is 54.4 Å². The predicted octanol–water partition coefficient (Wildman–Crippen LogP) is 6.20. The van der Waals surface area contributed by atoms with Gasteiger partial charge < -0.3 is 29.1 Å². The smallest absolute Gasteiger partial charge is 0.416 e. The molecule has 2 aliphatic carbocycles. The Hall–Kier alpha value is -6.24. The molecule has 0 radical (unpaired) electrons. The van der Waals surface area contributed by atoms with E-state index in [9.17, 15) is 40.8 Å². The Bertz CT molecular complexity index is 2750. The van der Waals surface area contributed by atoms with Crippen LogP contribution in [-0.4, -0.2) is 81.9 Å². The van der Waals surface area contributed by atoms with Gasteiger partial charge in [-0.3, -0.25) is 23.9 Å². The second-order valence-electron chi connectivity index (χ2n) is 16.9. The highest BCUT2D eigenvalue weighted by Crippen LogP contribution is 2.48. The van der Waals surface area contributed by atoms with Crippen LogP contribution in [0, 0.1) is 5.92 Å². The maximum atomic E-state index is 14.7. The van der Waals surface area contributed by atoms with E-state index >= 15 is 0 Å². The number of sulfonamides is 1. The number of aromatic nitrogens is 2. The molecule has 3 aromatic heterocycles. The van der Waals surface area contributed by atoms with Crippen molar-refractivity contribution >= 4 is 55.7 Å². The van der Waals surface area contributed by atoms with Gasteiger partial charge in [-0.2, -0.15) is 18.2 Å². The maximum absolute atomic E-state index is 14.7. The molecule has 0 bridgehead atoms. The standard InChI is InChI=1S/C44H43F3N6O9S/c1-42(19-20-42)63(58,59)52-41(57)43-23-27(43)10-5-3-2-4-6-12-30(48-38(55)33-14-9-21-60-33)40(56)53-24-28(22-31(53)37(54)51-43)61-39-35-34(29-11-7-8-13-32(29)62-35)49-36(50-39)25-15-17-26(18-16-25)44(45,46)47/h5,7-11,13-18,21,27-28,30-31H,2-4,6,12,19-20,22-24H2,1H3,(H,48,55)(H,51,54)(H,52,57)/b10-5-/t27-,28+,30-,31-,43+/m0/s1. The summed E-state index contributed by atoms with van der Waals surface area (Å²) in [5.41, 5.74) is -1.39. The Morgan fingerprint density at radius 2 is 1.78 bits per heavy atom. The van der Waals surface area contributed by atoms with Crippen LogP contribution in [0.4, 0.5) is 13.2 Å². The third-order valence-corrected chi connectivity index (χ3v) is 14.6. The van der Waals surface area contributed by atoms with Gasteiger partial charge in [0.05, 0.1) is 23.1 Å². The molecule has 4 amide bonds. The van der Waals surface area contributed by atoms with E-state index in [1.54, 1.807) is 31.2 Å². The van der Waals surface area contributed by atoms with Crippen LogP contribution in [0.25, 0.3) is 33.5 Å². The fourth-order valence-corrected chi connectivity index (χ4v) is 9.64. The van der Waals surface area contributed by atoms with E-state index in [1.807, 2.05) is 12.2 Å². The van der Waals surface area contributed by atoms with Crippen molar-refractivity contribution in [1.29, 1.82) is 0 Å². The number of furan rings is 2. The zero-order chi connectivity index (χ0) is 44.3. The van der Waals surface area contributed by atoms with Crippen molar-refractivity contribution in [3.05, 3.63) is 90.4 Å². The van der Waals surface area contributed by atoms with Gasteiger partial charge in [-0.15, -0.1) is 0 Å². The van der Waals surface area contributed by atoms with Crippen molar-refractivity contribution in [2.24, 2.45) is 5.92 Å². The van der Waals surface area contributed by atoms with Crippen molar-refractivity contribution in [2.75, 3.05) is 6.54 Å². The number of rotatable bonds is 8.